The lowest BCUT2D eigenvalue weighted by atomic mass is 9.72. The smallest absolute Gasteiger partial charge is 0.433 e. The number of fused-ring (bicyclic) bond motifs is 2. The molecule has 41 heavy (non-hydrogen) atoms. The Balaban J connectivity index is 1.56. The standard InChI is InChI=1S/C29H29F3N4O4S/c1-28(2,3)16-8-11-18-21(12-16)41-26(23(18)27(38)40-5)35-25(37)19-14-33-36-22(29(30,31)32)13-20(34-24(19)36)15-6-9-17(39-4)10-7-15/h6-7,9-10,13-14,16H,8,11-12H2,1-5H3,(H,35,37). The summed E-state index contributed by atoms with van der Waals surface area (Å²) in [5, 5.41) is 6.90. The predicted molar refractivity (Wildman–Crippen MR) is 149 cm³/mol. The molecule has 0 fully saturated rings. The molecule has 1 atom stereocenters. The summed E-state index contributed by atoms with van der Waals surface area (Å²) in [5.74, 6) is -0.386. The highest BCUT2D eigenvalue weighted by atomic mass is 32.1. The Morgan fingerprint density at radius 3 is 2.44 bits per heavy atom. The van der Waals surface area contributed by atoms with Gasteiger partial charge in [0.2, 0.25) is 0 Å². The average molecular weight is 587 g/mol. The number of carbonyl (C=O) groups excluding carboxylic acids is 2. The second-order valence-corrected chi connectivity index (χ2v) is 12.1. The summed E-state index contributed by atoms with van der Waals surface area (Å²) in [6, 6.07) is 7.26. The van der Waals surface area contributed by atoms with Gasteiger partial charge in [0.25, 0.3) is 5.91 Å². The maximum atomic E-state index is 14.1. The molecule has 5 rings (SSSR count). The van der Waals surface area contributed by atoms with Crippen LogP contribution in [0.4, 0.5) is 18.2 Å². The quantitative estimate of drug-likeness (QED) is 0.262. The van der Waals surface area contributed by atoms with Gasteiger partial charge in [0, 0.05) is 10.4 Å². The molecule has 0 bridgehead atoms. The molecule has 1 N–H and O–H groups in total. The Bertz CT molecular complexity index is 1630. The zero-order valence-corrected chi connectivity index (χ0v) is 24.0. The first-order chi connectivity index (χ1) is 19.3. The van der Waals surface area contributed by atoms with Gasteiger partial charge in [-0.05, 0) is 66.5 Å². The number of benzene rings is 1. The van der Waals surface area contributed by atoms with Crippen LogP contribution in [-0.4, -0.2) is 40.7 Å². The summed E-state index contributed by atoms with van der Waals surface area (Å²) >= 11 is 1.30. The van der Waals surface area contributed by atoms with Gasteiger partial charge in [-0.2, -0.15) is 18.3 Å². The van der Waals surface area contributed by atoms with Crippen LogP contribution >= 0.6 is 11.3 Å². The molecule has 12 heteroatoms. The molecule has 1 aromatic carbocycles. The zero-order chi connectivity index (χ0) is 29.7. The number of esters is 1. The summed E-state index contributed by atoms with van der Waals surface area (Å²) in [7, 11) is 2.75. The van der Waals surface area contributed by atoms with Crippen molar-refractivity contribution >= 4 is 33.9 Å². The maximum Gasteiger partial charge on any atom is 0.433 e. The van der Waals surface area contributed by atoms with Crippen molar-refractivity contribution < 1.29 is 32.2 Å². The molecule has 0 radical (unpaired) electrons. The van der Waals surface area contributed by atoms with Crippen LogP contribution in [0.1, 0.15) is 64.0 Å². The number of hydrogen-bond donors (Lipinski definition) is 1. The van der Waals surface area contributed by atoms with Gasteiger partial charge >= 0.3 is 12.1 Å². The highest BCUT2D eigenvalue weighted by Crippen LogP contribution is 2.44. The molecule has 4 aromatic rings. The number of nitrogens with zero attached hydrogens (tertiary/aromatic N) is 3. The molecule has 1 aliphatic carbocycles. The highest BCUT2D eigenvalue weighted by Gasteiger charge is 2.37. The number of methoxy groups -OCH3 is 2. The molecule has 8 nitrogen and oxygen atoms in total. The fraction of sp³-hybridized carbons (Fsp3) is 0.379. The van der Waals surface area contributed by atoms with E-state index in [1.807, 2.05) is 0 Å². The van der Waals surface area contributed by atoms with E-state index in [2.05, 4.69) is 36.2 Å². The van der Waals surface area contributed by atoms with E-state index < -0.39 is 23.7 Å². The number of carbonyl (C=O) groups is 2. The molecule has 0 aliphatic heterocycles. The monoisotopic (exact) mass is 586 g/mol. The summed E-state index contributed by atoms with van der Waals surface area (Å²) < 4.78 is 52.9. The Morgan fingerprint density at radius 2 is 1.83 bits per heavy atom. The molecule has 1 unspecified atom stereocenters. The highest BCUT2D eigenvalue weighted by molar-refractivity contribution is 7.17. The average Bonchev–Trinajstić information content (AvgIpc) is 3.51. The van der Waals surface area contributed by atoms with Crippen LogP contribution in [0.5, 0.6) is 5.75 Å². The van der Waals surface area contributed by atoms with Crippen LogP contribution in [0.15, 0.2) is 36.5 Å². The zero-order valence-electron chi connectivity index (χ0n) is 23.2. The number of aromatic nitrogens is 3. The number of alkyl halides is 3. The van der Waals surface area contributed by atoms with Crippen LogP contribution in [0.2, 0.25) is 0 Å². The summed E-state index contributed by atoms with van der Waals surface area (Å²) in [5.41, 5.74) is 0.0943. The van der Waals surface area contributed by atoms with E-state index in [0.29, 0.717) is 33.2 Å². The van der Waals surface area contributed by atoms with E-state index in [4.69, 9.17) is 9.47 Å². The van der Waals surface area contributed by atoms with Crippen LogP contribution in [-0.2, 0) is 23.8 Å². The van der Waals surface area contributed by atoms with Crippen molar-refractivity contribution in [2.45, 2.75) is 46.2 Å². The first kappa shape index (κ1) is 28.6. The Kier molecular flexibility index (Phi) is 7.31. The second-order valence-electron chi connectivity index (χ2n) is 11.0. The van der Waals surface area contributed by atoms with Gasteiger partial charge in [-0.15, -0.1) is 11.3 Å². The van der Waals surface area contributed by atoms with Crippen molar-refractivity contribution in [1.82, 2.24) is 14.6 Å². The minimum Gasteiger partial charge on any atom is -0.497 e. The number of nitrogens with one attached hydrogen (secondary N) is 1. The van der Waals surface area contributed by atoms with Gasteiger partial charge in [0.05, 0.1) is 31.7 Å². The number of halogens is 3. The van der Waals surface area contributed by atoms with E-state index in [0.717, 1.165) is 35.5 Å². The van der Waals surface area contributed by atoms with Gasteiger partial charge in [0.15, 0.2) is 11.3 Å². The Hall–Kier alpha value is -3.93. The number of ether oxygens (including phenoxy) is 2. The van der Waals surface area contributed by atoms with Crippen molar-refractivity contribution in [3.8, 4) is 17.0 Å². The number of rotatable bonds is 5. The molecule has 216 valence electrons. The number of thiophene rings is 1. The van der Waals surface area contributed by atoms with Crippen molar-refractivity contribution in [2.75, 3.05) is 19.5 Å². The second kappa shape index (κ2) is 10.5. The largest absolute Gasteiger partial charge is 0.497 e. The molecule has 0 saturated heterocycles. The summed E-state index contributed by atoms with van der Waals surface area (Å²) in [6.45, 7) is 6.52. The normalized spacial score (nSPS) is 15.5. The summed E-state index contributed by atoms with van der Waals surface area (Å²) in [6.07, 6.45) is -1.42. The third-order valence-corrected chi connectivity index (χ3v) is 8.67. The fourth-order valence-electron chi connectivity index (χ4n) is 5.14. The van der Waals surface area contributed by atoms with Crippen LogP contribution in [0.25, 0.3) is 16.9 Å². The first-order valence-electron chi connectivity index (χ1n) is 13.0. The minimum atomic E-state index is -4.77. The molecule has 3 heterocycles. The fourth-order valence-corrected chi connectivity index (χ4v) is 6.45. The molecular weight excluding hydrogens is 557 g/mol. The molecular formula is C29H29F3N4O4S. The van der Waals surface area contributed by atoms with Crippen LogP contribution in [0, 0.1) is 11.3 Å². The van der Waals surface area contributed by atoms with Gasteiger partial charge in [-0.25, -0.2) is 14.3 Å². The van der Waals surface area contributed by atoms with Crippen LogP contribution < -0.4 is 10.1 Å². The lowest BCUT2D eigenvalue weighted by Gasteiger charge is -2.33. The molecule has 0 spiro atoms. The molecule has 3 aromatic heterocycles. The first-order valence-corrected chi connectivity index (χ1v) is 13.8. The Labute approximate surface area is 238 Å². The third kappa shape index (κ3) is 5.40. The number of hydrogen-bond acceptors (Lipinski definition) is 7. The summed E-state index contributed by atoms with van der Waals surface area (Å²) in [4.78, 5) is 31.7. The maximum absolute atomic E-state index is 14.1. The molecule has 1 amide bonds. The lowest BCUT2D eigenvalue weighted by Crippen LogP contribution is -2.26. The third-order valence-electron chi connectivity index (χ3n) is 7.50. The van der Waals surface area contributed by atoms with Crippen molar-refractivity contribution in [1.29, 1.82) is 0 Å². The minimum absolute atomic E-state index is 0.0112. The van der Waals surface area contributed by atoms with E-state index in [-0.39, 0.29) is 27.9 Å². The van der Waals surface area contributed by atoms with Gasteiger partial charge in [-0.1, -0.05) is 20.8 Å². The Morgan fingerprint density at radius 1 is 1.12 bits per heavy atom. The number of anilines is 1. The van der Waals surface area contributed by atoms with Crippen LogP contribution in [0.3, 0.4) is 0 Å². The molecule has 1 aliphatic rings. The van der Waals surface area contributed by atoms with Crippen molar-refractivity contribution in [3.63, 3.8) is 0 Å². The predicted octanol–water partition coefficient (Wildman–Crippen LogP) is 6.68. The van der Waals surface area contributed by atoms with Crippen molar-refractivity contribution in [3.05, 3.63) is 63.8 Å². The lowest BCUT2D eigenvalue weighted by molar-refractivity contribution is -0.142. The van der Waals surface area contributed by atoms with Gasteiger partial charge in [0.1, 0.15) is 16.3 Å². The van der Waals surface area contributed by atoms with E-state index >= 15 is 0 Å². The molecule has 0 saturated carbocycles. The van der Waals surface area contributed by atoms with Crippen molar-refractivity contribution in [2.24, 2.45) is 11.3 Å². The van der Waals surface area contributed by atoms with E-state index in [1.54, 1.807) is 24.3 Å². The van der Waals surface area contributed by atoms with Gasteiger partial charge in [-0.3, -0.25) is 4.79 Å². The SMILES string of the molecule is COC(=O)c1c(NC(=O)c2cnn3c(C(F)(F)F)cc(-c4ccc(OC)cc4)nc23)sc2c1CCC(C(C)(C)C)C2. The van der Waals surface area contributed by atoms with E-state index in [9.17, 15) is 22.8 Å². The van der Waals surface area contributed by atoms with E-state index in [1.165, 1.54) is 25.6 Å². The number of amides is 1. The topological polar surface area (TPSA) is 94.8 Å². The van der Waals surface area contributed by atoms with Gasteiger partial charge < -0.3 is 14.8 Å².